The fraction of sp³-hybridized carbons (Fsp3) is 0.263. The standard InChI is InChI=1S/C19H20N4O3S2/c1-21(2)10-11-22(18(24)14-6-4-5-7-16(14)27-3)19-20-15-9-8-13(23(25)26)12-17(15)28-19/h4-9,12H,10-11H2,1-3H3/p+1. The number of thioether (sulfide) groups is 1. The van der Waals surface area contributed by atoms with E-state index in [-0.39, 0.29) is 11.6 Å². The number of aromatic nitrogens is 1. The van der Waals surface area contributed by atoms with E-state index in [1.807, 2.05) is 44.6 Å². The van der Waals surface area contributed by atoms with Crippen LogP contribution in [0.5, 0.6) is 0 Å². The summed E-state index contributed by atoms with van der Waals surface area (Å²) in [7, 11) is 4.06. The largest absolute Gasteiger partial charge is 0.338 e. The molecule has 1 aromatic heterocycles. The predicted octanol–water partition coefficient (Wildman–Crippen LogP) is 2.72. The fourth-order valence-electron chi connectivity index (χ4n) is 2.72. The van der Waals surface area contributed by atoms with E-state index in [4.69, 9.17) is 0 Å². The Morgan fingerprint density at radius 3 is 2.71 bits per heavy atom. The number of carbonyl (C=O) groups excluding carboxylic acids is 1. The number of rotatable bonds is 7. The van der Waals surface area contributed by atoms with E-state index in [1.54, 1.807) is 11.0 Å². The number of benzene rings is 2. The van der Waals surface area contributed by atoms with Gasteiger partial charge in [-0.3, -0.25) is 19.8 Å². The molecule has 0 fully saturated rings. The molecule has 3 rings (SSSR count). The van der Waals surface area contributed by atoms with Gasteiger partial charge in [-0.05, 0) is 24.5 Å². The third-order valence-electron chi connectivity index (χ3n) is 4.22. The number of non-ortho nitro benzene ring substituents is 1. The van der Waals surface area contributed by atoms with Crippen LogP contribution in [0.15, 0.2) is 47.4 Å². The predicted molar refractivity (Wildman–Crippen MR) is 114 cm³/mol. The van der Waals surface area contributed by atoms with Gasteiger partial charge in [0.25, 0.3) is 11.6 Å². The Balaban J connectivity index is 2.03. The molecule has 0 bridgehead atoms. The lowest BCUT2D eigenvalue weighted by Gasteiger charge is -2.21. The van der Waals surface area contributed by atoms with Crippen molar-refractivity contribution in [1.82, 2.24) is 4.98 Å². The second-order valence-electron chi connectivity index (χ2n) is 6.52. The topological polar surface area (TPSA) is 80.8 Å². The second-order valence-corrected chi connectivity index (χ2v) is 8.38. The van der Waals surface area contributed by atoms with Gasteiger partial charge in [-0.1, -0.05) is 23.5 Å². The van der Waals surface area contributed by atoms with E-state index in [9.17, 15) is 14.9 Å². The first-order chi connectivity index (χ1) is 13.4. The monoisotopic (exact) mass is 417 g/mol. The van der Waals surface area contributed by atoms with Crippen molar-refractivity contribution in [2.45, 2.75) is 4.90 Å². The second kappa shape index (κ2) is 8.68. The van der Waals surface area contributed by atoms with Gasteiger partial charge in [0.15, 0.2) is 5.13 Å². The van der Waals surface area contributed by atoms with Crippen molar-refractivity contribution in [3.63, 3.8) is 0 Å². The van der Waals surface area contributed by atoms with Crippen molar-refractivity contribution in [3.05, 3.63) is 58.1 Å². The van der Waals surface area contributed by atoms with Crippen molar-refractivity contribution in [2.75, 3.05) is 38.3 Å². The minimum Gasteiger partial charge on any atom is -0.338 e. The Kier molecular flexibility index (Phi) is 6.28. The molecule has 1 amide bonds. The lowest BCUT2D eigenvalue weighted by molar-refractivity contribution is -0.856. The maximum Gasteiger partial charge on any atom is 0.270 e. The SMILES string of the molecule is CSc1ccccc1C(=O)N(CC[NH+](C)C)c1nc2ccc([N+](=O)[O-])cc2s1. The molecule has 9 heteroatoms. The van der Waals surface area contributed by atoms with Gasteiger partial charge in [0.05, 0.1) is 47.9 Å². The molecular weight excluding hydrogens is 396 g/mol. The molecule has 0 aliphatic heterocycles. The summed E-state index contributed by atoms with van der Waals surface area (Å²) in [6, 6.07) is 12.1. The molecule has 146 valence electrons. The lowest BCUT2D eigenvalue weighted by Crippen LogP contribution is -3.06. The van der Waals surface area contributed by atoms with Crippen molar-refractivity contribution >= 4 is 50.0 Å². The first-order valence-electron chi connectivity index (χ1n) is 8.69. The highest BCUT2D eigenvalue weighted by atomic mass is 32.2. The summed E-state index contributed by atoms with van der Waals surface area (Å²) in [5.41, 5.74) is 1.30. The Morgan fingerprint density at radius 1 is 1.29 bits per heavy atom. The quantitative estimate of drug-likeness (QED) is 0.363. The van der Waals surface area contributed by atoms with Crippen LogP contribution in [-0.4, -0.2) is 49.3 Å². The molecule has 0 unspecified atom stereocenters. The summed E-state index contributed by atoms with van der Waals surface area (Å²) in [5, 5.41) is 11.6. The number of amides is 1. The highest BCUT2D eigenvalue weighted by Gasteiger charge is 2.24. The maximum atomic E-state index is 13.4. The minimum atomic E-state index is -0.425. The Labute approximate surface area is 171 Å². The van der Waals surface area contributed by atoms with Gasteiger partial charge < -0.3 is 4.90 Å². The van der Waals surface area contributed by atoms with Crippen LogP contribution in [0, 0.1) is 10.1 Å². The molecule has 28 heavy (non-hydrogen) atoms. The van der Waals surface area contributed by atoms with Crippen molar-refractivity contribution in [1.29, 1.82) is 0 Å². The molecule has 0 saturated carbocycles. The van der Waals surface area contributed by atoms with Gasteiger partial charge in [0.2, 0.25) is 0 Å². The van der Waals surface area contributed by atoms with Gasteiger partial charge in [-0.25, -0.2) is 4.98 Å². The minimum absolute atomic E-state index is 0.0195. The number of thiazole rings is 1. The molecule has 0 aliphatic rings. The van der Waals surface area contributed by atoms with Gasteiger partial charge >= 0.3 is 0 Å². The van der Waals surface area contributed by atoms with E-state index < -0.39 is 4.92 Å². The molecule has 1 N–H and O–H groups in total. The first kappa shape index (κ1) is 20.2. The molecule has 3 aromatic rings. The highest BCUT2D eigenvalue weighted by Crippen LogP contribution is 2.33. The number of hydrogen-bond acceptors (Lipinski definition) is 6. The van der Waals surface area contributed by atoms with E-state index in [1.165, 1.54) is 40.1 Å². The van der Waals surface area contributed by atoms with E-state index in [2.05, 4.69) is 4.98 Å². The average molecular weight is 418 g/mol. The van der Waals surface area contributed by atoms with Gasteiger partial charge in [0, 0.05) is 17.0 Å². The van der Waals surface area contributed by atoms with Crippen LogP contribution in [0.3, 0.4) is 0 Å². The first-order valence-corrected chi connectivity index (χ1v) is 10.7. The zero-order chi connectivity index (χ0) is 20.3. The summed E-state index contributed by atoms with van der Waals surface area (Å²) in [4.78, 5) is 32.4. The van der Waals surface area contributed by atoms with E-state index in [0.29, 0.717) is 27.5 Å². The number of hydrogen-bond donors (Lipinski definition) is 1. The van der Waals surface area contributed by atoms with E-state index >= 15 is 0 Å². The fourth-order valence-corrected chi connectivity index (χ4v) is 4.33. The van der Waals surface area contributed by atoms with Gasteiger partial charge in [-0.15, -0.1) is 11.8 Å². The van der Waals surface area contributed by atoms with Crippen LogP contribution < -0.4 is 9.80 Å². The summed E-state index contributed by atoms with van der Waals surface area (Å²) in [6.45, 7) is 1.26. The van der Waals surface area contributed by atoms with Gasteiger partial charge in [0.1, 0.15) is 0 Å². The Hall–Kier alpha value is -2.49. The molecule has 7 nitrogen and oxygen atoms in total. The zero-order valence-electron chi connectivity index (χ0n) is 15.8. The van der Waals surface area contributed by atoms with Crippen LogP contribution in [0.4, 0.5) is 10.8 Å². The van der Waals surface area contributed by atoms with Crippen molar-refractivity contribution in [2.24, 2.45) is 0 Å². The van der Waals surface area contributed by atoms with Crippen LogP contribution >= 0.6 is 23.1 Å². The molecule has 2 aromatic carbocycles. The van der Waals surface area contributed by atoms with Crippen molar-refractivity contribution < 1.29 is 14.6 Å². The number of nitrogens with one attached hydrogen (secondary N) is 1. The lowest BCUT2D eigenvalue weighted by atomic mass is 10.2. The average Bonchev–Trinajstić information content (AvgIpc) is 3.10. The summed E-state index contributed by atoms with van der Waals surface area (Å²) in [6.07, 6.45) is 1.94. The third-order valence-corrected chi connectivity index (χ3v) is 6.06. The summed E-state index contributed by atoms with van der Waals surface area (Å²) in [5.74, 6) is -0.111. The van der Waals surface area contributed by atoms with E-state index in [0.717, 1.165) is 11.4 Å². The van der Waals surface area contributed by atoms with Crippen LogP contribution in [0.1, 0.15) is 10.4 Å². The number of quaternary nitrogens is 1. The number of fused-ring (bicyclic) bond motifs is 1. The zero-order valence-corrected chi connectivity index (χ0v) is 17.5. The number of nitro benzene ring substituents is 1. The molecule has 0 aliphatic carbocycles. The summed E-state index contributed by atoms with van der Waals surface area (Å²) >= 11 is 2.82. The smallest absolute Gasteiger partial charge is 0.270 e. The summed E-state index contributed by atoms with van der Waals surface area (Å²) < 4.78 is 0.692. The molecule has 0 radical (unpaired) electrons. The Bertz CT molecular complexity index is 1020. The third kappa shape index (κ3) is 4.32. The molecule has 0 atom stereocenters. The number of anilines is 1. The number of likely N-dealkylation sites (N-methyl/N-ethyl adjacent to an activating group) is 1. The number of nitro groups is 1. The normalized spacial score (nSPS) is 11.1. The molecule has 1 heterocycles. The van der Waals surface area contributed by atoms with Crippen molar-refractivity contribution in [3.8, 4) is 0 Å². The maximum absolute atomic E-state index is 13.4. The highest BCUT2D eigenvalue weighted by molar-refractivity contribution is 7.98. The van der Waals surface area contributed by atoms with Gasteiger partial charge in [-0.2, -0.15) is 0 Å². The van der Waals surface area contributed by atoms with Crippen LogP contribution in [0.25, 0.3) is 10.2 Å². The van der Waals surface area contributed by atoms with Crippen LogP contribution in [0.2, 0.25) is 0 Å². The molecular formula is C19H21N4O3S2+. The molecule has 0 spiro atoms. The number of carbonyl (C=O) groups is 1. The van der Waals surface area contributed by atoms with Crippen LogP contribution in [-0.2, 0) is 0 Å². The Morgan fingerprint density at radius 2 is 2.04 bits per heavy atom. The number of nitrogens with zero attached hydrogens (tertiary/aromatic N) is 3. The molecule has 0 saturated heterocycles.